The van der Waals surface area contributed by atoms with E-state index in [1.807, 2.05) is 0 Å². The second kappa shape index (κ2) is 2.74. The molecule has 0 aliphatic heterocycles. The normalized spacial score (nSPS) is 10.9. The molecule has 3 nitrogen and oxygen atoms in total. The first kappa shape index (κ1) is 6.43. The number of aliphatic hydroxyl groups is 1. The van der Waals surface area contributed by atoms with Crippen molar-refractivity contribution in [1.29, 1.82) is 5.26 Å². The van der Waals surface area contributed by atoms with Gasteiger partial charge in [0.25, 0.3) is 0 Å². The first-order valence-electron chi connectivity index (χ1n) is 2.67. The average molecular weight is 135 g/mol. The highest BCUT2D eigenvalue weighted by Crippen LogP contribution is 2.09. The summed E-state index contributed by atoms with van der Waals surface area (Å²) in [6.07, 6.45) is 2.44. The molecule has 0 aliphatic rings. The summed E-state index contributed by atoms with van der Waals surface area (Å²) in [6.45, 7) is 0. The summed E-state index contributed by atoms with van der Waals surface area (Å²) in [4.78, 5) is 0. The van der Waals surface area contributed by atoms with E-state index < -0.39 is 0 Å². The summed E-state index contributed by atoms with van der Waals surface area (Å²) in [5, 5.41) is 17.1. The first-order valence-corrected chi connectivity index (χ1v) is 2.67. The van der Waals surface area contributed by atoms with Gasteiger partial charge in [-0.3, -0.25) is 0 Å². The molecule has 0 aromatic carbocycles. The van der Waals surface area contributed by atoms with Crippen LogP contribution in [0.4, 0.5) is 0 Å². The lowest BCUT2D eigenvalue weighted by molar-refractivity contribution is 0.459. The van der Waals surface area contributed by atoms with Crippen LogP contribution in [0.2, 0.25) is 0 Å². The van der Waals surface area contributed by atoms with Crippen molar-refractivity contribution >= 4 is 5.76 Å². The summed E-state index contributed by atoms with van der Waals surface area (Å²) in [5.41, 5.74) is 0. The van der Waals surface area contributed by atoms with Crippen LogP contribution in [0.5, 0.6) is 0 Å². The number of nitrogens with zero attached hydrogens (tertiary/aromatic N) is 1. The molecule has 1 N–H and O–H groups in total. The Kier molecular flexibility index (Phi) is 1.76. The van der Waals surface area contributed by atoms with Gasteiger partial charge < -0.3 is 9.52 Å². The quantitative estimate of drug-likeness (QED) is 0.471. The minimum atomic E-state index is -0.146. The zero-order chi connectivity index (χ0) is 7.40. The average Bonchev–Trinajstić information content (AvgIpc) is 2.38. The Morgan fingerprint density at radius 1 is 1.80 bits per heavy atom. The minimum absolute atomic E-state index is 0.146. The van der Waals surface area contributed by atoms with Gasteiger partial charge in [-0.15, -0.1) is 0 Å². The fourth-order valence-electron chi connectivity index (χ4n) is 0.557. The highest BCUT2D eigenvalue weighted by molar-refractivity contribution is 5.55. The van der Waals surface area contributed by atoms with E-state index >= 15 is 0 Å². The molecule has 0 saturated heterocycles. The standard InChI is InChI=1S/C7H5NO2/c8-4-3-6(9)7-2-1-5-10-7/h1-3,5,9H/b6-3-. The zero-order valence-electron chi connectivity index (χ0n) is 5.11. The SMILES string of the molecule is N#C/C=C(\O)c1ccco1. The lowest BCUT2D eigenvalue weighted by atomic mass is 10.3. The van der Waals surface area contributed by atoms with E-state index in [2.05, 4.69) is 0 Å². The van der Waals surface area contributed by atoms with Crippen LogP contribution >= 0.6 is 0 Å². The topological polar surface area (TPSA) is 57.2 Å². The van der Waals surface area contributed by atoms with Crippen LogP contribution in [0.25, 0.3) is 5.76 Å². The van der Waals surface area contributed by atoms with Crippen molar-refractivity contribution in [3.8, 4) is 6.07 Å². The molecule has 10 heavy (non-hydrogen) atoms. The van der Waals surface area contributed by atoms with Gasteiger partial charge in [0.15, 0.2) is 11.5 Å². The molecule has 0 radical (unpaired) electrons. The highest BCUT2D eigenvalue weighted by Gasteiger charge is 1.98. The summed E-state index contributed by atoms with van der Waals surface area (Å²) < 4.78 is 4.78. The predicted octanol–water partition coefficient (Wildman–Crippen LogP) is 1.70. The van der Waals surface area contributed by atoms with Crippen molar-refractivity contribution in [2.45, 2.75) is 0 Å². The van der Waals surface area contributed by atoms with E-state index in [4.69, 9.17) is 14.8 Å². The van der Waals surface area contributed by atoms with Gasteiger partial charge in [0.05, 0.1) is 18.4 Å². The summed E-state index contributed by atoms with van der Waals surface area (Å²) in [6, 6.07) is 4.89. The molecular formula is C7H5NO2. The smallest absolute Gasteiger partial charge is 0.168 e. The largest absolute Gasteiger partial charge is 0.504 e. The van der Waals surface area contributed by atoms with E-state index in [1.165, 1.54) is 6.26 Å². The molecular weight excluding hydrogens is 130 g/mol. The van der Waals surface area contributed by atoms with Gasteiger partial charge >= 0.3 is 0 Å². The van der Waals surface area contributed by atoms with Gasteiger partial charge in [0.2, 0.25) is 0 Å². The van der Waals surface area contributed by atoms with Gasteiger partial charge in [0.1, 0.15) is 0 Å². The maximum atomic E-state index is 8.95. The number of aliphatic hydroxyl groups excluding tert-OH is 1. The molecule has 0 bridgehead atoms. The molecule has 1 heterocycles. The number of allylic oxidation sites excluding steroid dienone is 1. The van der Waals surface area contributed by atoms with Crippen LogP contribution in [-0.4, -0.2) is 5.11 Å². The summed E-state index contributed by atoms with van der Waals surface area (Å²) >= 11 is 0. The van der Waals surface area contributed by atoms with Gasteiger partial charge in [-0.25, -0.2) is 0 Å². The van der Waals surface area contributed by atoms with E-state index in [0.717, 1.165) is 6.08 Å². The Morgan fingerprint density at radius 3 is 3.10 bits per heavy atom. The van der Waals surface area contributed by atoms with Gasteiger partial charge in [-0.05, 0) is 12.1 Å². The van der Waals surface area contributed by atoms with Crippen molar-refractivity contribution in [3.63, 3.8) is 0 Å². The maximum absolute atomic E-state index is 8.95. The van der Waals surface area contributed by atoms with Crippen molar-refractivity contribution in [1.82, 2.24) is 0 Å². The van der Waals surface area contributed by atoms with Crippen LogP contribution in [0.1, 0.15) is 5.76 Å². The van der Waals surface area contributed by atoms with Crippen molar-refractivity contribution in [2.75, 3.05) is 0 Å². The minimum Gasteiger partial charge on any atom is -0.504 e. The number of furan rings is 1. The second-order valence-corrected chi connectivity index (χ2v) is 1.64. The first-order chi connectivity index (χ1) is 4.84. The monoisotopic (exact) mass is 135 g/mol. The molecule has 0 spiro atoms. The fraction of sp³-hybridized carbons (Fsp3) is 0. The molecule has 0 atom stereocenters. The molecule has 1 aromatic heterocycles. The Bertz CT molecular complexity index is 266. The van der Waals surface area contributed by atoms with Crippen LogP contribution in [0.15, 0.2) is 28.9 Å². The number of hydrogen-bond acceptors (Lipinski definition) is 3. The van der Waals surface area contributed by atoms with Crippen molar-refractivity contribution < 1.29 is 9.52 Å². The molecule has 50 valence electrons. The number of nitriles is 1. The predicted molar refractivity (Wildman–Crippen MR) is 34.9 cm³/mol. The lowest BCUT2D eigenvalue weighted by Gasteiger charge is -1.87. The van der Waals surface area contributed by atoms with E-state index in [1.54, 1.807) is 18.2 Å². The number of rotatable bonds is 1. The van der Waals surface area contributed by atoms with Gasteiger partial charge in [-0.2, -0.15) is 5.26 Å². The Morgan fingerprint density at radius 2 is 2.60 bits per heavy atom. The Hall–Kier alpha value is -1.69. The highest BCUT2D eigenvalue weighted by atomic mass is 16.4. The zero-order valence-corrected chi connectivity index (χ0v) is 5.11. The van der Waals surface area contributed by atoms with E-state index in [9.17, 15) is 0 Å². The molecule has 3 heteroatoms. The molecule has 0 saturated carbocycles. The van der Waals surface area contributed by atoms with Crippen LogP contribution < -0.4 is 0 Å². The van der Waals surface area contributed by atoms with Crippen molar-refractivity contribution in [2.24, 2.45) is 0 Å². The third-order valence-corrected chi connectivity index (χ3v) is 0.975. The Labute approximate surface area is 57.8 Å². The maximum Gasteiger partial charge on any atom is 0.168 e. The van der Waals surface area contributed by atoms with Crippen LogP contribution in [0, 0.1) is 11.3 Å². The molecule has 1 rings (SSSR count). The third kappa shape index (κ3) is 1.17. The summed E-state index contributed by atoms with van der Waals surface area (Å²) in [7, 11) is 0. The summed E-state index contributed by atoms with van der Waals surface area (Å²) in [5.74, 6) is 0.161. The van der Waals surface area contributed by atoms with E-state index in [0.29, 0.717) is 5.76 Å². The molecule has 0 aliphatic carbocycles. The Balaban J connectivity index is 2.90. The van der Waals surface area contributed by atoms with Crippen LogP contribution in [0.3, 0.4) is 0 Å². The lowest BCUT2D eigenvalue weighted by Crippen LogP contribution is -1.75. The third-order valence-electron chi connectivity index (χ3n) is 0.975. The second-order valence-electron chi connectivity index (χ2n) is 1.64. The van der Waals surface area contributed by atoms with Gasteiger partial charge in [0, 0.05) is 0 Å². The fourth-order valence-corrected chi connectivity index (χ4v) is 0.557. The molecule has 0 unspecified atom stereocenters. The van der Waals surface area contributed by atoms with E-state index in [-0.39, 0.29) is 5.76 Å². The van der Waals surface area contributed by atoms with Gasteiger partial charge in [-0.1, -0.05) is 0 Å². The molecule has 0 fully saturated rings. The molecule has 0 amide bonds. The van der Waals surface area contributed by atoms with Crippen molar-refractivity contribution in [3.05, 3.63) is 30.2 Å². The number of hydrogen-bond donors (Lipinski definition) is 1. The molecule has 1 aromatic rings. The van der Waals surface area contributed by atoms with Crippen LogP contribution in [-0.2, 0) is 0 Å².